The van der Waals surface area contributed by atoms with Crippen LogP contribution in [0.15, 0.2) is 30.9 Å². The van der Waals surface area contributed by atoms with E-state index in [1.807, 2.05) is 0 Å². The molecule has 68 valence electrons. The number of benzene rings is 1. The Morgan fingerprint density at radius 2 is 2.31 bits per heavy atom. The van der Waals surface area contributed by atoms with Gasteiger partial charge in [-0.15, -0.1) is 0 Å². The van der Waals surface area contributed by atoms with Gasteiger partial charge in [0.15, 0.2) is 0 Å². The highest BCUT2D eigenvalue weighted by molar-refractivity contribution is 6.33. The maximum Gasteiger partial charge on any atom is 0.247 e. The molecular weight excluding hydrogens is 193 g/mol. The van der Waals surface area contributed by atoms with E-state index in [9.17, 15) is 9.18 Å². The fourth-order valence-corrected chi connectivity index (χ4v) is 0.989. The molecule has 1 N–H and O–H groups in total. The summed E-state index contributed by atoms with van der Waals surface area (Å²) in [7, 11) is 0. The Morgan fingerprint density at radius 3 is 2.85 bits per heavy atom. The number of rotatable bonds is 2. The second kappa shape index (κ2) is 4.05. The highest BCUT2D eigenvalue weighted by Gasteiger charge is 2.03. The highest BCUT2D eigenvalue weighted by atomic mass is 35.5. The van der Waals surface area contributed by atoms with Gasteiger partial charge in [-0.3, -0.25) is 4.79 Å². The summed E-state index contributed by atoms with van der Waals surface area (Å²) in [6.45, 7) is 3.27. The molecule has 13 heavy (non-hydrogen) atoms. The molecule has 0 aliphatic heterocycles. The van der Waals surface area contributed by atoms with Crippen LogP contribution in [-0.2, 0) is 4.79 Å². The predicted octanol–water partition coefficient (Wildman–Crippen LogP) is 2.60. The first-order valence-corrected chi connectivity index (χ1v) is 3.90. The number of amides is 1. The van der Waals surface area contributed by atoms with Gasteiger partial charge in [0.05, 0.1) is 10.7 Å². The topological polar surface area (TPSA) is 29.1 Å². The SMILES string of the molecule is C=CC(=O)Nc1ccc(F)cc1Cl. The molecule has 1 aromatic carbocycles. The molecule has 0 atom stereocenters. The van der Waals surface area contributed by atoms with Crippen molar-refractivity contribution >= 4 is 23.2 Å². The molecule has 0 bridgehead atoms. The van der Waals surface area contributed by atoms with Gasteiger partial charge in [-0.25, -0.2) is 4.39 Å². The van der Waals surface area contributed by atoms with E-state index >= 15 is 0 Å². The van der Waals surface area contributed by atoms with Crippen LogP contribution in [0.4, 0.5) is 10.1 Å². The normalized spacial score (nSPS) is 9.38. The molecule has 0 radical (unpaired) electrons. The first-order chi connectivity index (χ1) is 6.13. The average Bonchev–Trinajstić information content (AvgIpc) is 2.09. The van der Waals surface area contributed by atoms with Gasteiger partial charge in [0.25, 0.3) is 0 Å². The summed E-state index contributed by atoms with van der Waals surface area (Å²) in [6, 6.07) is 3.73. The number of hydrogen-bond donors (Lipinski definition) is 1. The first kappa shape index (κ1) is 9.74. The van der Waals surface area contributed by atoms with Crippen LogP contribution < -0.4 is 5.32 Å². The zero-order valence-electron chi connectivity index (χ0n) is 6.68. The standard InChI is InChI=1S/C9H7ClFNO/c1-2-9(13)12-8-4-3-6(11)5-7(8)10/h2-5H,1H2,(H,12,13). The molecule has 0 saturated heterocycles. The fourth-order valence-electron chi connectivity index (χ4n) is 0.775. The molecule has 0 heterocycles. The third-order valence-corrected chi connectivity index (χ3v) is 1.69. The number of nitrogens with one attached hydrogen (secondary N) is 1. The van der Waals surface area contributed by atoms with Crippen molar-refractivity contribution < 1.29 is 9.18 Å². The van der Waals surface area contributed by atoms with Gasteiger partial charge < -0.3 is 5.32 Å². The van der Waals surface area contributed by atoms with Gasteiger partial charge in [-0.1, -0.05) is 18.2 Å². The van der Waals surface area contributed by atoms with E-state index in [2.05, 4.69) is 11.9 Å². The Kier molecular flexibility index (Phi) is 3.03. The quantitative estimate of drug-likeness (QED) is 0.729. The van der Waals surface area contributed by atoms with Crippen LogP contribution in [0.3, 0.4) is 0 Å². The van der Waals surface area contributed by atoms with Crippen molar-refractivity contribution in [3.05, 3.63) is 41.7 Å². The molecule has 0 fully saturated rings. The van der Waals surface area contributed by atoms with Crippen LogP contribution in [0.2, 0.25) is 5.02 Å². The average molecular weight is 200 g/mol. The van der Waals surface area contributed by atoms with E-state index in [4.69, 9.17) is 11.6 Å². The first-order valence-electron chi connectivity index (χ1n) is 3.52. The fraction of sp³-hybridized carbons (Fsp3) is 0. The zero-order valence-corrected chi connectivity index (χ0v) is 7.44. The summed E-state index contributed by atoms with van der Waals surface area (Å²) in [5.74, 6) is -0.824. The van der Waals surface area contributed by atoms with Crippen molar-refractivity contribution in [3.63, 3.8) is 0 Å². The van der Waals surface area contributed by atoms with Crippen LogP contribution in [-0.4, -0.2) is 5.91 Å². The Morgan fingerprint density at radius 1 is 1.62 bits per heavy atom. The lowest BCUT2D eigenvalue weighted by atomic mass is 10.3. The molecule has 1 aromatic rings. The monoisotopic (exact) mass is 199 g/mol. The minimum absolute atomic E-state index is 0.162. The zero-order chi connectivity index (χ0) is 9.84. The summed E-state index contributed by atoms with van der Waals surface area (Å²) >= 11 is 5.64. The molecule has 0 aliphatic rings. The van der Waals surface area contributed by atoms with Gasteiger partial charge in [-0.2, -0.15) is 0 Å². The summed E-state index contributed by atoms with van der Waals surface area (Å²) < 4.78 is 12.5. The maximum atomic E-state index is 12.5. The molecule has 0 saturated carbocycles. The molecular formula is C9H7ClFNO. The van der Waals surface area contributed by atoms with E-state index in [1.54, 1.807) is 0 Å². The molecule has 0 aliphatic carbocycles. The Balaban J connectivity index is 2.89. The van der Waals surface area contributed by atoms with Crippen LogP contribution in [0.5, 0.6) is 0 Å². The smallest absolute Gasteiger partial charge is 0.247 e. The number of carbonyl (C=O) groups is 1. The van der Waals surface area contributed by atoms with Crippen LogP contribution in [0, 0.1) is 5.82 Å². The van der Waals surface area contributed by atoms with Crippen molar-refractivity contribution in [2.75, 3.05) is 5.32 Å². The third-order valence-electron chi connectivity index (χ3n) is 1.37. The van der Waals surface area contributed by atoms with Gasteiger partial charge in [0, 0.05) is 0 Å². The maximum absolute atomic E-state index is 12.5. The van der Waals surface area contributed by atoms with Crippen molar-refractivity contribution in [2.45, 2.75) is 0 Å². The summed E-state index contributed by atoms with van der Waals surface area (Å²) in [4.78, 5) is 10.8. The predicted molar refractivity (Wildman–Crippen MR) is 50.2 cm³/mol. The number of hydrogen-bond acceptors (Lipinski definition) is 1. The lowest BCUT2D eigenvalue weighted by molar-refractivity contribution is -0.111. The highest BCUT2D eigenvalue weighted by Crippen LogP contribution is 2.22. The number of anilines is 1. The van der Waals surface area contributed by atoms with Crippen molar-refractivity contribution in [2.24, 2.45) is 0 Å². The van der Waals surface area contributed by atoms with Gasteiger partial charge >= 0.3 is 0 Å². The van der Waals surface area contributed by atoms with Gasteiger partial charge in [-0.05, 0) is 24.3 Å². The van der Waals surface area contributed by atoms with E-state index in [-0.39, 0.29) is 10.9 Å². The van der Waals surface area contributed by atoms with Crippen LogP contribution in [0.25, 0.3) is 0 Å². The molecule has 0 aromatic heterocycles. The summed E-state index contributed by atoms with van der Waals surface area (Å²) in [5.41, 5.74) is 0.368. The lowest BCUT2D eigenvalue weighted by Gasteiger charge is -2.03. The Bertz CT molecular complexity index is 351. The van der Waals surface area contributed by atoms with Gasteiger partial charge in [0.1, 0.15) is 5.82 Å². The van der Waals surface area contributed by atoms with Crippen molar-refractivity contribution in [3.8, 4) is 0 Å². The number of halogens is 2. The molecule has 4 heteroatoms. The molecule has 1 amide bonds. The second-order valence-corrected chi connectivity index (χ2v) is 2.72. The molecule has 1 rings (SSSR count). The molecule has 0 spiro atoms. The largest absolute Gasteiger partial charge is 0.321 e. The number of carbonyl (C=O) groups excluding carboxylic acids is 1. The van der Waals surface area contributed by atoms with Crippen molar-refractivity contribution in [1.29, 1.82) is 0 Å². The van der Waals surface area contributed by atoms with E-state index in [0.717, 1.165) is 12.1 Å². The van der Waals surface area contributed by atoms with E-state index in [0.29, 0.717) is 5.69 Å². The second-order valence-electron chi connectivity index (χ2n) is 2.32. The van der Waals surface area contributed by atoms with E-state index in [1.165, 1.54) is 12.1 Å². The Hall–Kier alpha value is -1.35. The van der Waals surface area contributed by atoms with Crippen LogP contribution in [0.1, 0.15) is 0 Å². The minimum Gasteiger partial charge on any atom is -0.321 e. The minimum atomic E-state index is -0.443. The Labute approximate surface area is 80.0 Å². The van der Waals surface area contributed by atoms with Gasteiger partial charge in [0.2, 0.25) is 5.91 Å². The lowest BCUT2D eigenvalue weighted by Crippen LogP contribution is -2.07. The van der Waals surface area contributed by atoms with Crippen molar-refractivity contribution in [1.82, 2.24) is 0 Å². The van der Waals surface area contributed by atoms with E-state index < -0.39 is 5.82 Å². The summed E-state index contributed by atoms with van der Waals surface area (Å²) in [5, 5.41) is 2.59. The summed E-state index contributed by atoms with van der Waals surface area (Å²) in [6.07, 6.45) is 1.11. The van der Waals surface area contributed by atoms with Crippen LogP contribution >= 0.6 is 11.6 Å². The third kappa shape index (κ3) is 2.56. The molecule has 0 unspecified atom stereocenters. The molecule has 2 nitrogen and oxygen atoms in total.